The Balaban J connectivity index is 1.69. The molecule has 1 aliphatic heterocycles. The van der Waals surface area contributed by atoms with E-state index in [0.29, 0.717) is 10.9 Å². The van der Waals surface area contributed by atoms with Crippen LogP contribution in [0.4, 0.5) is 14.6 Å². The number of aromatic nitrogens is 2. The summed E-state index contributed by atoms with van der Waals surface area (Å²) >= 11 is 1.33. The van der Waals surface area contributed by atoms with E-state index in [1.54, 1.807) is 0 Å². The van der Waals surface area contributed by atoms with E-state index in [1.807, 2.05) is 30.3 Å². The van der Waals surface area contributed by atoms with Gasteiger partial charge in [0.1, 0.15) is 17.5 Å². The number of thioether (sulfide) groups is 1. The number of H-pyrrole nitrogens is 1. The number of halogens is 2. The summed E-state index contributed by atoms with van der Waals surface area (Å²) < 4.78 is 27.3. The number of carbonyl (C=O) groups is 1. The van der Waals surface area contributed by atoms with E-state index < -0.39 is 23.1 Å². The molecule has 0 bridgehead atoms. The number of nitrogens with one attached hydrogen (secondary N) is 2. The molecule has 0 spiro atoms. The number of hydrogen-bond donors (Lipinski definition) is 2. The Morgan fingerprint density at radius 2 is 1.79 bits per heavy atom. The lowest BCUT2D eigenvalue weighted by Gasteiger charge is -2.24. The molecular formula is C20H15F2N3O2S. The number of anilines is 1. The van der Waals surface area contributed by atoms with Gasteiger partial charge in [-0.05, 0) is 23.3 Å². The van der Waals surface area contributed by atoms with Gasteiger partial charge in [0.15, 0.2) is 5.16 Å². The Morgan fingerprint density at radius 1 is 1.07 bits per heavy atom. The van der Waals surface area contributed by atoms with Gasteiger partial charge in [-0.2, -0.15) is 0 Å². The van der Waals surface area contributed by atoms with Crippen molar-refractivity contribution in [3.63, 3.8) is 0 Å². The van der Waals surface area contributed by atoms with Gasteiger partial charge in [0.25, 0.3) is 5.56 Å². The molecule has 0 saturated heterocycles. The second-order valence-electron chi connectivity index (χ2n) is 6.42. The number of hydrogen-bond acceptors (Lipinski definition) is 4. The first-order chi connectivity index (χ1) is 13.5. The van der Waals surface area contributed by atoms with Crippen LogP contribution in [-0.2, 0) is 10.5 Å². The van der Waals surface area contributed by atoms with Crippen molar-refractivity contribution in [2.24, 2.45) is 0 Å². The molecular weight excluding hydrogens is 384 g/mol. The molecule has 1 aromatic heterocycles. The summed E-state index contributed by atoms with van der Waals surface area (Å²) in [7, 11) is 0. The maximum atomic E-state index is 13.6. The van der Waals surface area contributed by atoms with Gasteiger partial charge >= 0.3 is 0 Å². The van der Waals surface area contributed by atoms with Crippen molar-refractivity contribution in [2.45, 2.75) is 23.2 Å². The van der Waals surface area contributed by atoms with Gasteiger partial charge in [-0.1, -0.05) is 42.1 Å². The molecule has 8 heteroatoms. The minimum atomic E-state index is -0.765. The Bertz CT molecular complexity index is 1080. The van der Waals surface area contributed by atoms with E-state index >= 15 is 0 Å². The number of rotatable bonds is 4. The van der Waals surface area contributed by atoms with Crippen LogP contribution in [-0.4, -0.2) is 15.9 Å². The molecule has 0 fully saturated rings. The molecule has 5 nitrogen and oxygen atoms in total. The van der Waals surface area contributed by atoms with Crippen molar-refractivity contribution in [3.05, 3.63) is 87.2 Å². The molecule has 1 aliphatic rings. The van der Waals surface area contributed by atoms with Gasteiger partial charge in [0.05, 0.1) is 5.56 Å². The lowest BCUT2D eigenvalue weighted by atomic mass is 9.87. The van der Waals surface area contributed by atoms with E-state index in [1.165, 1.54) is 11.8 Å². The minimum Gasteiger partial charge on any atom is -0.310 e. The number of fused-ring (bicyclic) bond motifs is 1. The Labute approximate surface area is 163 Å². The van der Waals surface area contributed by atoms with Crippen LogP contribution in [0.3, 0.4) is 0 Å². The number of amides is 1. The number of carbonyl (C=O) groups excluding carboxylic acids is 1. The van der Waals surface area contributed by atoms with Gasteiger partial charge in [-0.3, -0.25) is 9.59 Å². The van der Waals surface area contributed by atoms with Gasteiger partial charge in [-0.25, -0.2) is 13.8 Å². The molecule has 3 aromatic rings. The smallest absolute Gasteiger partial charge is 0.257 e. The zero-order valence-corrected chi connectivity index (χ0v) is 15.4. The highest BCUT2D eigenvalue weighted by molar-refractivity contribution is 7.98. The molecule has 2 heterocycles. The third kappa shape index (κ3) is 3.82. The summed E-state index contributed by atoms with van der Waals surface area (Å²) in [5.41, 5.74) is 1.06. The third-order valence-corrected chi connectivity index (χ3v) is 5.38. The number of benzene rings is 2. The molecule has 28 heavy (non-hydrogen) atoms. The Hall–Kier alpha value is -3.00. The average Bonchev–Trinajstić information content (AvgIpc) is 2.65. The van der Waals surface area contributed by atoms with E-state index in [-0.39, 0.29) is 29.3 Å². The van der Waals surface area contributed by atoms with Crippen molar-refractivity contribution in [1.82, 2.24) is 9.97 Å². The van der Waals surface area contributed by atoms with Gasteiger partial charge in [0, 0.05) is 24.2 Å². The Morgan fingerprint density at radius 3 is 2.50 bits per heavy atom. The van der Waals surface area contributed by atoms with E-state index in [4.69, 9.17) is 0 Å². The van der Waals surface area contributed by atoms with Crippen LogP contribution in [0.1, 0.15) is 29.0 Å². The second-order valence-corrected chi connectivity index (χ2v) is 7.38. The SMILES string of the molecule is O=C1CC(c2cc(F)cc(F)c2)c2c(nc(SCc3ccccc3)[nH]c2=O)N1. The van der Waals surface area contributed by atoms with Crippen molar-refractivity contribution >= 4 is 23.5 Å². The fourth-order valence-corrected chi connectivity index (χ4v) is 4.02. The minimum absolute atomic E-state index is 0.0862. The fraction of sp³-hybridized carbons (Fsp3) is 0.150. The van der Waals surface area contributed by atoms with Crippen molar-refractivity contribution in [2.75, 3.05) is 5.32 Å². The highest BCUT2D eigenvalue weighted by Crippen LogP contribution is 2.35. The van der Waals surface area contributed by atoms with Crippen LogP contribution in [0.5, 0.6) is 0 Å². The molecule has 1 atom stereocenters. The summed E-state index contributed by atoms with van der Waals surface area (Å²) in [5.74, 6) is -1.93. The van der Waals surface area contributed by atoms with Crippen LogP contribution >= 0.6 is 11.8 Å². The molecule has 1 unspecified atom stereocenters. The standard InChI is InChI=1S/C20H15F2N3O2S/c21-13-6-12(7-14(22)8-13)15-9-16(26)23-18-17(15)19(27)25-20(24-18)28-10-11-4-2-1-3-5-11/h1-8,15H,9-10H2,(H2,23,24,25,26,27). The fourth-order valence-electron chi connectivity index (χ4n) is 3.21. The first-order valence-electron chi connectivity index (χ1n) is 8.56. The monoisotopic (exact) mass is 399 g/mol. The first-order valence-corrected chi connectivity index (χ1v) is 9.55. The zero-order valence-electron chi connectivity index (χ0n) is 14.5. The third-order valence-electron chi connectivity index (χ3n) is 4.43. The Kier molecular flexibility index (Phi) is 4.95. The summed E-state index contributed by atoms with van der Waals surface area (Å²) in [6, 6.07) is 12.7. The molecule has 2 aromatic carbocycles. The maximum Gasteiger partial charge on any atom is 0.257 e. The summed E-state index contributed by atoms with van der Waals surface area (Å²) in [6.45, 7) is 0. The molecule has 0 saturated carbocycles. The van der Waals surface area contributed by atoms with Crippen LogP contribution in [0, 0.1) is 11.6 Å². The van der Waals surface area contributed by atoms with Crippen molar-refractivity contribution in [1.29, 1.82) is 0 Å². The van der Waals surface area contributed by atoms with E-state index in [9.17, 15) is 18.4 Å². The average molecular weight is 399 g/mol. The van der Waals surface area contributed by atoms with E-state index in [2.05, 4.69) is 15.3 Å². The first kappa shape index (κ1) is 18.4. The second kappa shape index (κ2) is 7.55. The maximum absolute atomic E-state index is 13.6. The predicted octanol–water partition coefficient (Wildman–Crippen LogP) is 3.81. The predicted molar refractivity (Wildman–Crippen MR) is 102 cm³/mol. The quantitative estimate of drug-likeness (QED) is 0.517. The number of nitrogens with zero attached hydrogens (tertiary/aromatic N) is 1. The van der Waals surface area contributed by atoms with Crippen LogP contribution in [0.2, 0.25) is 0 Å². The normalized spacial score (nSPS) is 15.8. The van der Waals surface area contributed by atoms with Crippen molar-refractivity contribution in [3.8, 4) is 0 Å². The van der Waals surface area contributed by atoms with Crippen molar-refractivity contribution < 1.29 is 13.6 Å². The van der Waals surface area contributed by atoms with Gasteiger partial charge in [0.2, 0.25) is 5.91 Å². The van der Waals surface area contributed by atoms with Crippen LogP contribution in [0.15, 0.2) is 58.5 Å². The van der Waals surface area contributed by atoms with Gasteiger partial charge < -0.3 is 10.3 Å². The summed E-state index contributed by atoms with van der Waals surface area (Å²) in [5, 5.41) is 2.96. The molecule has 142 valence electrons. The largest absolute Gasteiger partial charge is 0.310 e. The lowest BCUT2D eigenvalue weighted by molar-refractivity contribution is -0.116. The summed E-state index contributed by atoms with van der Waals surface area (Å²) in [4.78, 5) is 31.9. The van der Waals surface area contributed by atoms with Crippen LogP contribution in [0.25, 0.3) is 0 Å². The molecule has 2 N–H and O–H groups in total. The summed E-state index contributed by atoms with van der Waals surface area (Å²) in [6.07, 6.45) is -0.0862. The topological polar surface area (TPSA) is 74.8 Å². The van der Waals surface area contributed by atoms with Crippen LogP contribution < -0.4 is 10.9 Å². The highest BCUT2D eigenvalue weighted by atomic mass is 32.2. The highest BCUT2D eigenvalue weighted by Gasteiger charge is 2.31. The van der Waals surface area contributed by atoms with Gasteiger partial charge in [-0.15, -0.1) is 0 Å². The molecule has 0 aliphatic carbocycles. The lowest BCUT2D eigenvalue weighted by Crippen LogP contribution is -2.31. The molecule has 1 amide bonds. The van der Waals surface area contributed by atoms with E-state index in [0.717, 1.165) is 23.8 Å². The molecule has 0 radical (unpaired) electrons. The zero-order chi connectivity index (χ0) is 19.7. The molecule has 4 rings (SSSR count). The number of aromatic amines is 1.